The van der Waals surface area contributed by atoms with Crippen molar-refractivity contribution in [3.63, 3.8) is 0 Å². The molecule has 0 saturated heterocycles. The molecule has 0 amide bonds. The summed E-state index contributed by atoms with van der Waals surface area (Å²) in [4.78, 5) is 4.24. The van der Waals surface area contributed by atoms with Gasteiger partial charge in [-0.15, -0.1) is 0 Å². The first-order valence-corrected chi connectivity index (χ1v) is 6.38. The zero-order chi connectivity index (χ0) is 14.1. The number of rotatable bonds is 2. The molecule has 0 unspecified atom stereocenters. The molecule has 3 rings (SSSR count). The van der Waals surface area contributed by atoms with Crippen LogP contribution >= 0.6 is 11.6 Å². The van der Waals surface area contributed by atoms with Crippen molar-refractivity contribution in [2.24, 2.45) is 0 Å². The molecule has 0 aliphatic heterocycles. The first kappa shape index (κ1) is 12.7. The average molecular weight is 288 g/mol. The molecule has 0 spiro atoms. The van der Waals surface area contributed by atoms with E-state index in [-0.39, 0.29) is 5.02 Å². The number of benzene rings is 2. The Morgan fingerprint density at radius 3 is 2.80 bits per heavy atom. The van der Waals surface area contributed by atoms with Crippen LogP contribution in [0.15, 0.2) is 48.7 Å². The van der Waals surface area contributed by atoms with Crippen molar-refractivity contribution in [1.29, 1.82) is 0 Å². The summed E-state index contributed by atoms with van der Waals surface area (Å²) in [6.07, 6.45) is 1.72. The molecule has 100 valence electrons. The van der Waals surface area contributed by atoms with E-state index in [1.165, 1.54) is 12.1 Å². The van der Waals surface area contributed by atoms with E-state index < -0.39 is 5.82 Å². The Labute approximate surface area is 120 Å². The minimum Gasteiger partial charge on any atom is -0.396 e. The van der Waals surface area contributed by atoms with Gasteiger partial charge in [-0.1, -0.05) is 11.6 Å². The highest BCUT2D eigenvalue weighted by molar-refractivity contribution is 6.31. The molecular weight excluding hydrogens is 277 g/mol. The molecule has 3 nitrogen and oxygen atoms in total. The summed E-state index contributed by atoms with van der Waals surface area (Å²) < 4.78 is 13.1. The van der Waals surface area contributed by atoms with Crippen LogP contribution in [0.25, 0.3) is 10.9 Å². The van der Waals surface area contributed by atoms with Gasteiger partial charge >= 0.3 is 0 Å². The Hall–Kier alpha value is -2.33. The lowest BCUT2D eigenvalue weighted by Crippen LogP contribution is -1.98. The fourth-order valence-corrected chi connectivity index (χ4v) is 2.19. The summed E-state index contributed by atoms with van der Waals surface area (Å²) in [6, 6.07) is 11.9. The molecule has 0 aliphatic rings. The fraction of sp³-hybridized carbons (Fsp3) is 0. The van der Waals surface area contributed by atoms with Gasteiger partial charge in [-0.3, -0.25) is 4.98 Å². The van der Waals surface area contributed by atoms with Crippen LogP contribution in [0.1, 0.15) is 0 Å². The Bertz CT molecular complexity index is 789. The maximum atomic E-state index is 13.1. The van der Waals surface area contributed by atoms with E-state index in [1.54, 1.807) is 12.3 Å². The minimum absolute atomic E-state index is 0.0658. The van der Waals surface area contributed by atoms with Gasteiger partial charge in [0, 0.05) is 17.3 Å². The summed E-state index contributed by atoms with van der Waals surface area (Å²) in [7, 11) is 0. The first-order valence-electron chi connectivity index (χ1n) is 6.00. The van der Waals surface area contributed by atoms with Crippen LogP contribution in [0.4, 0.5) is 21.5 Å². The number of hydrogen-bond donors (Lipinski definition) is 2. The van der Waals surface area contributed by atoms with Crippen LogP contribution < -0.4 is 11.1 Å². The van der Waals surface area contributed by atoms with Crippen LogP contribution in [-0.4, -0.2) is 4.98 Å². The van der Waals surface area contributed by atoms with Crippen molar-refractivity contribution in [1.82, 2.24) is 4.98 Å². The quantitative estimate of drug-likeness (QED) is 0.689. The molecule has 3 N–H and O–H groups in total. The van der Waals surface area contributed by atoms with Crippen molar-refractivity contribution in [2.75, 3.05) is 11.1 Å². The number of pyridine rings is 1. The van der Waals surface area contributed by atoms with Gasteiger partial charge in [-0.2, -0.15) is 0 Å². The smallest absolute Gasteiger partial charge is 0.141 e. The zero-order valence-corrected chi connectivity index (χ0v) is 11.2. The van der Waals surface area contributed by atoms with E-state index in [4.69, 9.17) is 17.3 Å². The number of nitrogen functional groups attached to an aromatic ring is 1. The van der Waals surface area contributed by atoms with Gasteiger partial charge < -0.3 is 11.1 Å². The number of hydrogen-bond acceptors (Lipinski definition) is 3. The lowest BCUT2D eigenvalue weighted by Gasteiger charge is -2.11. The van der Waals surface area contributed by atoms with Gasteiger partial charge in [0.15, 0.2) is 0 Å². The second kappa shape index (κ2) is 4.98. The highest BCUT2D eigenvalue weighted by Crippen LogP contribution is 2.30. The molecule has 0 atom stereocenters. The lowest BCUT2D eigenvalue weighted by molar-refractivity contribution is 0.628. The molecule has 1 heterocycles. The highest BCUT2D eigenvalue weighted by Gasteiger charge is 2.06. The van der Waals surface area contributed by atoms with E-state index in [1.807, 2.05) is 24.3 Å². The summed E-state index contributed by atoms with van der Waals surface area (Å²) in [5.41, 5.74) is 8.95. The predicted octanol–water partition coefficient (Wildman–Crippen LogP) is 4.35. The molecule has 2 aromatic carbocycles. The van der Waals surface area contributed by atoms with E-state index in [9.17, 15) is 4.39 Å². The van der Waals surface area contributed by atoms with Gasteiger partial charge in [0.1, 0.15) is 5.82 Å². The Kier molecular flexibility index (Phi) is 3.16. The zero-order valence-electron chi connectivity index (χ0n) is 10.4. The van der Waals surface area contributed by atoms with Gasteiger partial charge in [0.25, 0.3) is 0 Å². The molecule has 20 heavy (non-hydrogen) atoms. The van der Waals surface area contributed by atoms with Crippen LogP contribution in [0.5, 0.6) is 0 Å². The fourth-order valence-electron chi connectivity index (χ4n) is 2.01. The summed E-state index contributed by atoms with van der Waals surface area (Å²) >= 11 is 5.76. The van der Waals surface area contributed by atoms with Crippen LogP contribution in [0.2, 0.25) is 5.02 Å². The number of fused-ring (bicyclic) bond motifs is 1. The molecule has 1 aromatic heterocycles. The number of aromatic nitrogens is 1. The van der Waals surface area contributed by atoms with Gasteiger partial charge in [0.2, 0.25) is 0 Å². The number of anilines is 3. The van der Waals surface area contributed by atoms with Crippen molar-refractivity contribution in [2.45, 2.75) is 0 Å². The number of halogens is 2. The summed E-state index contributed by atoms with van der Waals surface area (Å²) in [5, 5.41) is 4.06. The molecule has 5 heteroatoms. The second-order valence-corrected chi connectivity index (χ2v) is 4.76. The van der Waals surface area contributed by atoms with Crippen LogP contribution in [-0.2, 0) is 0 Å². The maximum absolute atomic E-state index is 13.1. The van der Waals surface area contributed by atoms with Gasteiger partial charge in [-0.25, -0.2) is 4.39 Å². The number of nitrogens with one attached hydrogen (secondary N) is 1. The third-order valence-electron chi connectivity index (χ3n) is 3.03. The SMILES string of the molecule is Nc1c(Nc2ccc(F)c(Cl)c2)ccc2ncccc12. The molecule has 0 radical (unpaired) electrons. The monoisotopic (exact) mass is 287 g/mol. The van der Waals surface area contributed by atoms with Gasteiger partial charge in [-0.05, 0) is 42.5 Å². The van der Waals surface area contributed by atoms with Crippen LogP contribution in [0.3, 0.4) is 0 Å². The third-order valence-corrected chi connectivity index (χ3v) is 3.31. The van der Waals surface area contributed by atoms with Gasteiger partial charge in [0.05, 0.1) is 21.9 Å². The van der Waals surface area contributed by atoms with Crippen molar-refractivity contribution < 1.29 is 4.39 Å². The molecule has 0 aliphatic carbocycles. The molecule has 0 fully saturated rings. The summed E-state index contributed by atoms with van der Waals surface area (Å²) in [6.45, 7) is 0. The Morgan fingerprint density at radius 2 is 2.00 bits per heavy atom. The molecule has 0 saturated carbocycles. The van der Waals surface area contributed by atoms with Crippen LogP contribution in [0, 0.1) is 5.82 Å². The lowest BCUT2D eigenvalue weighted by atomic mass is 10.1. The van der Waals surface area contributed by atoms with E-state index in [0.29, 0.717) is 11.4 Å². The van der Waals surface area contributed by atoms with E-state index in [2.05, 4.69) is 10.3 Å². The predicted molar refractivity (Wildman–Crippen MR) is 80.8 cm³/mol. The maximum Gasteiger partial charge on any atom is 0.141 e. The van der Waals surface area contributed by atoms with Crippen molar-refractivity contribution >= 4 is 39.6 Å². The number of nitrogens with zero attached hydrogens (tertiary/aromatic N) is 1. The average Bonchev–Trinajstić information content (AvgIpc) is 2.46. The summed E-state index contributed by atoms with van der Waals surface area (Å²) in [5.74, 6) is -0.451. The second-order valence-electron chi connectivity index (χ2n) is 4.35. The highest BCUT2D eigenvalue weighted by atomic mass is 35.5. The topological polar surface area (TPSA) is 50.9 Å². The van der Waals surface area contributed by atoms with Crippen molar-refractivity contribution in [3.8, 4) is 0 Å². The minimum atomic E-state index is -0.451. The largest absolute Gasteiger partial charge is 0.396 e. The number of nitrogens with two attached hydrogens (primary N) is 1. The standard InChI is InChI=1S/C15H11ClFN3/c16-11-8-9(3-4-12(11)17)20-14-6-5-13-10(15(14)18)2-1-7-19-13/h1-8,20H,18H2. The van der Waals surface area contributed by atoms with Crippen molar-refractivity contribution in [3.05, 3.63) is 59.5 Å². The molecule has 3 aromatic rings. The van der Waals surface area contributed by atoms with E-state index in [0.717, 1.165) is 16.6 Å². The Morgan fingerprint density at radius 1 is 1.15 bits per heavy atom. The normalized spacial score (nSPS) is 10.7. The first-order chi connectivity index (χ1) is 9.65. The molecule has 0 bridgehead atoms. The third kappa shape index (κ3) is 2.26. The van der Waals surface area contributed by atoms with E-state index >= 15 is 0 Å². The Balaban J connectivity index is 2.02. The molecular formula is C15H11ClFN3.